The first-order valence-electron chi connectivity index (χ1n) is 11.7. The standard InChI is InChI=1S/C37H20/c1-5-17-32(18-6-1)19-11-4-12-26-35-29-36(27-15-13-24-33-20-7-2-8-21-33)31-37(30-35)28-16-14-25-34-22-9-3-10-23-34/h1-3,5-10,17-18,20-23,29-31H,19H2. The van der Waals surface area contributed by atoms with E-state index in [2.05, 4.69) is 83.2 Å². The van der Waals surface area contributed by atoms with Crippen LogP contribution >= 0.6 is 0 Å². The molecule has 0 N–H and O–H groups in total. The molecule has 0 atom stereocenters. The monoisotopic (exact) mass is 464 g/mol. The Hall–Kier alpha value is -5.76. The second-order valence-corrected chi connectivity index (χ2v) is 7.75. The number of benzene rings is 4. The maximum Gasteiger partial charge on any atom is 0.0350 e. The van der Waals surface area contributed by atoms with Gasteiger partial charge in [-0.1, -0.05) is 102 Å². The van der Waals surface area contributed by atoms with Gasteiger partial charge >= 0.3 is 0 Å². The van der Waals surface area contributed by atoms with Crippen LogP contribution in [-0.4, -0.2) is 0 Å². The predicted octanol–water partition coefficient (Wildman–Crippen LogP) is 6.09. The largest absolute Gasteiger partial charge is 0.0843 e. The summed E-state index contributed by atoms with van der Waals surface area (Å²) in [7, 11) is 0. The van der Waals surface area contributed by atoms with E-state index in [0.29, 0.717) is 6.42 Å². The van der Waals surface area contributed by atoms with Crippen LogP contribution in [0.2, 0.25) is 0 Å². The second-order valence-electron chi connectivity index (χ2n) is 7.75. The van der Waals surface area contributed by atoms with E-state index >= 15 is 0 Å². The van der Waals surface area contributed by atoms with Gasteiger partial charge in [-0.3, -0.25) is 0 Å². The zero-order chi connectivity index (χ0) is 25.4. The lowest BCUT2D eigenvalue weighted by atomic mass is 10.1. The maximum absolute atomic E-state index is 3.11. The minimum absolute atomic E-state index is 0.665. The Balaban J connectivity index is 1.56. The SMILES string of the molecule is C(C#Cc1cc(C#CC#Cc2ccccc2)cc(C#CC#Cc2ccccc2)c1)#CCc1ccccc1. The molecule has 0 unspecified atom stereocenters. The predicted molar refractivity (Wildman–Crippen MR) is 152 cm³/mol. The topological polar surface area (TPSA) is 0 Å². The molecule has 4 rings (SSSR count). The molecule has 0 heteroatoms. The average Bonchev–Trinajstić information content (AvgIpc) is 2.95. The van der Waals surface area contributed by atoms with Gasteiger partial charge in [0.05, 0.1) is 0 Å². The number of hydrogen-bond acceptors (Lipinski definition) is 0. The molecular formula is C37H20. The summed E-state index contributed by atoms with van der Waals surface area (Å²) in [6.07, 6.45) is 0.665. The van der Waals surface area contributed by atoms with Gasteiger partial charge in [0.15, 0.2) is 0 Å². The molecule has 0 radical (unpaired) electrons. The van der Waals surface area contributed by atoms with E-state index in [0.717, 1.165) is 27.8 Å². The normalized spacial score (nSPS) is 8.43. The minimum atomic E-state index is 0.665. The van der Waals surface area contributed by atoms with Crippen molar-refractivity contribution in [2.45, 2.75) is 6.42 Å². The van der Waals surface area contributed by atoms with Gasteiger partial charge in [-0.05, 0) is 83.6 Å². The van der Waals surface area contributed by atoms with E-state index in [1.165, 1.54) is 5.56 Å². The van der Waals surface area contributed by atoms with Crippen LogP contribution in [0.4, 0.5) is 0 Å². The van der Waals surface area contributed by atoms with Crippen LogP contribution in [0, 0.1) is 71.0 Å². The van der Waals surface area contributed by atoms with Crippen LogP contribution in [0.5, 0.6) is 0 Å². The Labute approximate surface area is 219 Å². The van der Waals surface area contributed by atoms with Crippen molar-refractivity contribution in [2.75, 3.05) is 0 Å². The lowest BCUT2D eigenvalue weighted by Gasteiger charge is -1.96. The van der Waals surface area contributed by atoms with Crippen molar-refractivity contribution in [3.05, 3.63) is 143 Å². The quantitative estimate of drug-likeness (QED) is 0.299. The third-order valence-corrected chi connectivity index (χ3v) is 4.93. The molecule has 0 aromatic heterocycles. The van der Waals surface area contributed by atoms with Crippen LogP contribution in [0.25, 0.3) is 0 Å². The molecule has 168 valence electrons. The van der Waals surface area contributed by atoms with E-state index < -0.39 is 0 Å². The molecule has 0 fully saturated rings. The summed E-state index contributed by atoms with van der Waals surface area (Å²) in [4.78, 5) is 0. The molecule has 0 aliphatic rings. The molecule has 4 aromatic rings. The van der Waals surface area contributed by atoms with Crippen LogP contribution in [0.15, 0.2) is 109 Å². The Morgan fingerprint density at radius 2 is 0.703 bits per heavy atom. The van der Waals surface area contributed by atoms with Crippen molar-refractivity contribution in [3.8, 4) is 71.0 Å². The van der Waals surface area contributed by atoms with Crippen LogP contribution in [0.1, 0.15) is 33.4 Å². The first kappa shape index (κ1) is 24.4. The molecule has 0 aliphatic heterocycles. The molecule has 37 heavy (non-hydrogen) atoms. The van der Waals surface area contributed by atoms with Crippen LogP contribution in [-0.2, 0) is 6.42 Å². The fraction of sp³-hybridized carbons (Fsp3) is 0.0270. The second kappa shape index (κ2) is 13.8. The molecule has 0 bridgehead atoms. The zero-order valence-electron chi connectivity index (χ0n) is 20.1. The zero-order valence-corrected chi connectivity index (χ0v) is 20.1. The Bertz CT molecular complexity index is 1640. The number of rotatable bonds is 1. The van der Waals surface area contributed by atoms with Gasteiger partial charge in [-0.2, -0.15) is 0 Å². The molecule has 0 nitrogen and oxygen atoms in total. The van der Waals surface area contributed by atoms with Gasteiger partial charge in [0, 0.05) is 34.2 Å². The fourth-order valence-corrected chi connectivity index (χ4v) is 3.19. The summed E-state index contributed by atoms with van der Waals surface area (Å²) in [6, 6.07) is 35.4. The average molecular weight is 465 g/mol. The minimum Gasteiger partial charge on any atom is -0.0843 e. The highest BCUT2D eigenvalue weighted by molar-refractivity contribution is 5.55. The summed E-state index contributed by atoms with van der Waals surface area (Å²) in [6.45, 7) is 0. The highest BCUT2D eigenvalue weighted by Crippen LogP contribution is 2.08. The van der Waals surface area contributed by atoms with E-state index in [4.69, 9.17) is 0 Å². The van der Waals surface area contributed by atoms with Gasteiger partial charge in [0.1, 0.15) is 0 Å². The fourth-order valence-electron chi connectivity index (χ4n) is 3.19. The van der Waals surface area contributed by atoms with Crippen molar-refractivity contribution >= 4 is 0 Å². The Morgan fingerprint density at radius 3 is 1.14 bits per heavy atom. The highest BCUT2D eigenvalue weighted by Gasteiger charge is 1.96. The molecule has 0 amide bonds. The third-order valence-electron chi connectivity index (χ3n) is 4.93. The van der Waals surface area contributed by atoms with E-state index in [9.17, 15) is 0 Å². The molecule has 0 spiro atoms. The van der Waals surface area contributed by atoms with Gasteiger partial charge in [0.25, 0.3) is 0 Å². The van der Waals surface area contributed by atoms with Gasteiger partial charge in [-0.25, -0.2) is 0 Å². The first-order valence-corrected chi connectivity index (χ1v) is 11.7. The van der Waals surface area contributed by atoms with Crippen molar-refractivity contribution in [3.63, 3.8) is 0 Å². The lowest BCUT2D eigenvalue weighted by molar-refractivity contribution is 1.32. The third kappa shape index (κ3) is 8.84. The van der Waals surface area contributed by atoms with Gasteiger partial charge in [0.2, 0.25) is 0 Å². The van der Waals surface area contributed by atoms with Crippen molar-refractivity contribution < 1.29 is 0 Å². The van der Waals surface area contributed by atoms with Gasteiger partial charge in [-0.15, -0.1) is 0 Å². The van der Waals surface area contributed by atoms with Crippen molar-refractivity contribution in [2.24, 2.45) is 0 Å². The molecule has 0 saturated heterocycles. The highest BCUT2D eigenvalue weighted by atomic mass is 14.0. The van der Waals surface area contributed by atoms with Crippen molar-refractivity contribution in [1.29, 1.82) is 0 Å². The summed E-state index contributed by atoms with van der Waals surface area (Å²) in [5, 5.41) is 0. The van der Waals surface area contributed by atoms with E-state index in [-0.39, 0.29) is 0 Å². The maximum atomic E-state index is 3.11. The summed E-state index contributed by atoms with van der Waals surface area (Å²) < 4.78 is 0. The van der Waals surface area contributed by atoms with Crippen molar-refractivity contribution in [1.82, 2.24) is 0 Å². The van der Waals surface area contributed by atoms with Gasteiger partial charge < -0.3 is 0 Å². The molecule has 0 aliphatic carbocycles. The van der Waals surface area contributed by atoms with E-state index in [1.807, 2.05) is 97.1 Å². The lowest BCUT2D eigenvalue weighted by Crippen LogP contribution is -1.84. The summed E-state index contributed by atoms with van der Waals surface area (Å²) in [5.74, 6) is 36.1. The first-order chi connectivity index (χ1) is 18.3. The molecule has 0 saturated carbocycles. The molecular weight excluding hydrogens is 444 g/mol. The van der Waals surface area contributed by atoms with E-state index in [1.54, 1.807) is 0 Å². The molecule has 4 aromatic carbocycles. The summed E-state index contributed by atoms with van der Waals surface area (Å²) in [5.41, 5.74) is 5.37. The molecule has 0 heterocycles. The summed E-state index contributed by atoms with van der Waals surface area (Å²) >= 11 is 0. The Kier molecular flexibility index (Phi) is 9.11. The smallest absolute Gasteiger partial charge is 0.0350 e. The number of hydrogen-bond donors (Lipinski definition) is 0. The van der Waals surface area contributed by atoms with Crippen LogP contribution in [0.3, 0.4) is 0 Å². The Morgan fingerprint density at radius 1 is 0.351 bits per heavy atom. The van der Waals surface area contributed by atoms with Crippen LogP contribution < -0.4 is 0 Å².